The zero-order valence-electron chi connectivity index (χ0n) is 9.85. The van der Waals surface area contributed by atoms with Crippen molar-refractivity contribution in [3.63, 3.8) is 0 Å². The number of hydrogen-bond donors (Lipinski definition) is 0. The molecule has 0 amide bonds. The highest BCUT2D eigenvalue weighted by Crippen LogP contribution is 2.50. The summed E-state index contributed by atoms with van der Waals surface area (Å²) in [7, 11) is -1.14. The fraction of sp³-hybridized carbons (Fsp3) is 0.667. The molecule has 0 heterocycles. The van der Waals surface area contributed by atoms with Gasteiger partial charge in [-0.15, -0.1) is 0 Å². The van der Waals surface area contributed by atoms with Crippen LogP contribution in [0.2, 0.25) is 0 Å². The number of rotatable bonds is 8. The predicted molar refractivity (Wildman–Crippen MR) is 68.0 cm³/mol. The number of nitrogens with zero attached hydrogens (tertiary/aromatic N) is 4. The lowest BCUT2D eigenvalue weighted by Gasteiger charge is -2.38. The van der Waals surface area contributed by atoms with Gasteiger partial charge in [0.2, 0.25) is 0 Å². The maximum absolute atomic E-state index is 8.67. The van der Waals surface area contributed by atoms with E-state index in [4.69, 9.17) is 21.0 Å². The van der Waals surface area contributed by atoms with Crippen LogP contribution in [0.4, 0.5) is 0 Å². The van der Waals surface area contributed by atoms with Crippen LogP contribution in [-0.2, 0) is 0 Å². The lowest BCUT2D eigenvalue weighted by molar-refractivity contribution is 1.10. The van der Waals surface area contributed by atoms with E-state index >= 15 is 0 Å². The molecule has 0 saturated carbocycles. The van der Waals surface area contributed by atoms with E-state index < -0.39 is 10.0 Å². The van der Waals surface area contributed by atoms with Crippen LogP contribution in [0.15, 0.2) is 0 Å². The third-order valence-corrected chi connectivity index (χ3v) is 6.87. The maximum Gasteiger partial charge on any atom is 0.0629 e. The molecule has 0 aromatic heterocycles. The predicted octanol–water partition coefficient (Wildman–Crippen LogP) is 2.45. The lowest BCUT2D eigenvalue weighted by Crippen LogP contribution is -2.17. The molecule has 0 radical (unpaired) electrons. The highest BCUT2D eigenvalue weighted by Gasteiger charge is 2.22. The zero-order valence-corrected chi connectivity index (χ0v) is 10.7. The van der Waals surface area contributed by atoms with Gasteiger partial charge in [0.25, 0.3) is 0 Å². The van der Waals surface area contributed by atoms with Gasteiger partial charge in [0.05, 0.1) is 24.3 Å². The molecular formula is C12H16N4S. The first-order valence-corrected chi connectivity index (χ1v) is 7.77. The van der Waals surface area contributed by atoms with Crippen LogP contribution in [0.25, 0.3) is 0 Å². The Morgan fingerprint density at radius 1 is 0.529 bits per heavy atom. The molecule has 0 fully saturated rings. The van der Waals surface area contributed by atoms with Crippen LogP contribution >= 0.6 is 10.0 Å². The normalized spacial score (nSPS) is 10.6. The molecule has 0 bridgehead atoms. The summed E-state index contributed by atoms with van der Waals surface area (Å²) >= 11 is 0. The number of nitriles is 4. The van der Waals surface area contributed by atoms with Gasteiger partial charge >= 0.3 is 0 Å². The molecule has 0 aromatic rings. The Kier molecular flexibility index (Phi) is 8.58. The van der Waals surface area contributed by atoms with Gasteiger partial charge in [0, 0.05) is 25.7 Å². The molecule has 0 aromatic carbocycles. The smallest absolute Gasteiger partial charge is 0.0629 e. The summed E-state index contributed by atoms with van der Waals surface area (Å²) in [6.07, 6.45) is 1.82. The fourth-order valence-corrected chi connectivity index (χ4v) is 4.98. The maximum atomic E-state index is 8.67. The SMILES string of the molecule is N#CCCS(CCC#N)(CCC#N)CCC#N. The average molecular weight is 248 g/mol. The third kappa shape index (κ3) is 6.47. The largest absolute Gasteiger partial charge is 0.237 e. The van der Waals surface area contributed by atoms with Crippen LogP contribution in [-0.4, -0.2) is 23.0 Å². The molecule has 5 heteroatoms. The van der Waals surface area contributed by atoms with Gasteiger partial charge in [0.1, 0.15) is 0 Å². The Balaban J connectivity index is 4.67. The molecule has 0 atom stereocenters. The van der Waals surface area contributed by atoms with Crippen molar-refractivity contribution in [2.45, 2.75) is 25.7 Å². The van der Waals surface area contributed by atoms with Crippen LogP contribution in [0.5, 0.6) is 0 Å². The van der Waals surface area contributed by atoms with E-state index in [0.29, 0.717) is 25.7 Å². The van der Waals surface area contributed by atoms with Crippen molar-refractivity contribution < 1.29 is 0 Å². The van der Waals surface area contributed by atoms with Crippen LogP contribution < -0.4 is 0 Å². The Labute approximate surface area is 104 Å². The first-order valence-electron chi connectivity index (χ1n) is 5.46. The molecule has 0 saturated heterocycles. The van der Waals surface area contributed by atoms with E-state index in [0.717, 1.165) is 23.0 Å². The molecule has 0 N–H and O–H groups in total. The van der Waals surface area contributed by atoms with E-state index in [2.05, 4.69) is 24.3 Å². The second-order valence-electron chi connectivity index (χ2n) is 3.67. The van der Waals surface area contributed by atoms with Crippen molar-refractivity contribution in [1.82, 2.24) is 0 Å². The average Bonchev–Trinajstić information content (AvgIpc) is 2.37. The Morgan fingerprint density at radius 2 is 0.765 bits per heavy atom. The summed E-state index contributed by atoms with van der Waals surface area (Å²) in [5.41, 5.74) is 0. The second-order valence-corrected chi connectivity index (χ2v) is 7.76. The van der Waals surface area contributed by atoms with Gasteiger partial charge in [-0.25, -0.2) is 10.0 Å². The standard InChI is InChI=1S/C12H16N4S/c13-5-1-9-17(10-2-6-14,11-3-7-15)12-4-8-16/h1-4,9-12H2. The second kappa shape index (κ2) is 9.53. The first kappa shape index (κ1) is 15.3. The minimum atomic E-state index is -1.14. The molecule has 0 aliphatic heterocycles. The molecule has 0 rings (SSSR count). The van der Waals surface area contributed by atoms with E-state index in [9.17, 15) is 0 Å². The van der Waals surface area contributed by atoms with Crippen molar-refractivity contribution in [2.75, 3.05) is 23.0 Å². The van der Waals surface area contributed by atoms with Crippen molar-refractivity contribution in [1.29, 1.82) is 21.0 Å². The topological polar surface area (TPSA) is 95.2 Å². The van der Waals surface area contributed by atoms with Crippen molar-refractivity contribution in [3.8, 4) is 24.3 Å². The first-order chi connectivity index (χ1) is 8.24. The minimum absolute atomic E-state index is 0.456. The van der Waals surface area contributed by atoms with E-state index in [1.54, 1.807) is 0 Å². The van der Waals surface area contributed by atoms with Gasteiger partial charge in [-0.2, -0.15) is 21.0 Å². The summed E-state index contributed by atoms with van der Waals surface area (Å²) in [5.74, 6) is 3.03. The van der Waals surface area contributed by atoms with E-state index in [1.165, 1.54) is 0 Å². The summed E-state index contributed by atoms with van der Waals surface area (Å²) in [6.45, 7) is 0. The summed E-state index contributed by atoms with van der Waals surface area (Å²) in [6, 6.07) is 8.50. The molecule has 0 unspecified atom stereocenters. The number of hydrogen-bond acceptors (Lipinski definition) is 4. The quantitative estimate of drug-likeness (QED) is 0.659. The molecule has 0 spiro atoms. The summed E-state index contributed by atoms with van der Waals surface area (Å²) in [5, 5.41) is 34.7. The van der Waals surface area contributed by atoms with Gasteiger partial charge in [-0.3, -0.25) is 0 Å². The lowest BCUT2D eigenvalue weighted by atomic mass is 10.5. The molecule has 17 heavy (non-hydrogen) atoms. The van der Waals surface area contributed by atoms with E-state index in [-0.39, 0.29) is 0 Å². The van der Waals surface area contributed by atoms with Gasteiger partial charge in [-0.05, 0) is 23.0 Å². The molecule has 0 aliphatic carbocycles. The van der Waals surface area contributed by atoms with Gasteiger partial charge in [0.15, 0.2) is 0 Å². The molecule has 90 valence electrons. The van der Waals surface area contributed by atoms with E-state index in [1.807, 2.05) is 0 Å². The van der Waals surface area contributed by atoms with Crippen LogP contribution in [0.1, 0.15) is 25.7 Å². The third-order valence-electron chi connectivity index (χ3n) is 2.59. The zero-order chi connectivity index (χ0) is 13.0. The molecular weight excluding hydrogens is 232 g/mol. The van der Waals surface area contributed by atoms with Crippen LogP contribution in [0.3, 0.4) is 0 Å². The van der Waals surface area contributed by atoms with Gasteiger partial charge in [-0.1, -0.05) is 0 Å². The van der Waals surface area contributed by atoms with Crippen LogP contribution in [0, 0.1) is 45.3 Å². The van der Waals surface area contributed by atoms with Gasteiger partial charge < -0.3 is 0 Å². The highest BCUT2D eigenvalue weighted by atomic mass is 32.3. The molecule has 4 nitrogen and oxygen atoms in total. The van der Waals surface area contributed by atoms with Crippen molar-refractivity contribution in [3.05, 3.63) is 0 Å². The summed E-state index contributed by atoms with van der Waals surface area (Å²) < 4.78 is 0. The Morgan fingerprint density at radius 3 is 0.941 bits per heavy atom. The summed E-state index contributed by atoms with van der Waals surface area (Å²) in [4.78, 5) is 0. The Hall–Kier alpha value is -1.69. The highest BCUT2D eigenvalue weighted by molar-refractivity contribution is 8.33. The fourth-order valence-electron chi connectivity index (χ4n) is 1.66. The Bertz CT molecular complexity index is 300. The van der Waals surface area contributed by atoms with Crippen molar-refractivity contribution >= 4 is 10.0 Å². The minimum Gasteiger partial charge on any atom is -0.237 e. The monoisotopic (exact) mass is 248 g/mol. The van der Waals surface area contributed by atoms with Crippen molar-refractivity contribution in [2.24, 2.45) is 0 Å². The molecule has 0 aliphatic rings.